The summed E-state index contributed by atoms with van der Waals surface area (Å²) in [4.78, 5) is 33.3. The molecular formula is C24H30N4O4. The molecule has 2 aliphatic heterocycles. The SMILES string of the molecule is O=C(NC1CCC2(CC1)CC2)c1c(O)c2cccnc2n(CCN2CC3CC2CO3)c1=O. The van der Waals surface area contributed by atoms with Crippen LogP contribution in [0.3, 0.4) is 0 Å². The van der Waals surface area contributed by atoms with Crippen molar-refractivity contribution in [2.45, 2.75) is 69.7 Å². The maximum Gasteiger partial charge on any atom is 0.268 e. The third kappa shape index (κ3) is 3.40. The highest BCUT2D eigenvalue weighted by molar-refractivity contribution is 6.01. The summed E-state index contributed by atoms with van der Waals surface area (Å²) in [6.07, 6.45) is 9.71. The Morgan fingerprint density at radius 3 is 2.75 bits per heavy atom. The largest absolute Gasteiger partial charge is 0.506 e. The van der Waals surface area contributed by atoms with Gasteiger partial charge in [0.15, 0.2) is 0 Å². The van der Waals surface area contributed by atoms with E-state index in [1.807, 2.05) is 0 Å². The Labute approximate surface area is 186 Å². The first-order valence-corrected chi connectivity index (χ1v) is 11.9. The normalized spacial score (nSPS) is 26.8. The smallest absolute Gasteiger partial charge is 0.268 e. The molecule has 2 saturated carbocycles. The lowest BCUT2D eigenvalue weighted by molar-refractivity contribution is 0.0294. The molecule has 1 spiro atoms. The van der Waals surface area contributed by atoms with Crippen LogP contribution in [0.1, 0.15) is 55.3 Å². The van der Waals surface area contributed by atoms with Gasteiger partial charge in [0, 0.05) is 37.9 Å². The van der Waals surface area contributed by atoms with Gasteiger partial charge >= 0.3 is 0 Å². The molecular weight excluding hydrogens is 408 g/mol. The third-order valence-corrected chi connectivity index (χ3v) is 8.18. The predicted molar refractivity (Wildman–Crippen MR) is 119 cm³/mol. The Morgan fingerprint density at radius 2 is 2.06 bits per heavy atom. The molecule has 4 aliphatic rings. The molecule has 2 atom stereocenters. The van der Waals surface area contributed by atoms with Crippen molar-refractivity contribution >= 4 is 16.9 Å². The van der Waals surface area contributed by atoms with Crippen LogP contribution in [-0.2, 0) is 11.3 Å². The number of likely N-dealkylation sites (tertiary alicyclic amines) is 1. The molecule has 2 aromatic heterocycles. The minimum absolute atomic E-state index is 0.0609. The number of hydrogen-bond acceptors (Lipinski definition) is 6. The summed E-state index contributed by atoms with van der Waals surface area (Å²) in [6, 6.07) is 3.89. The predicted octanol–water partition coefficient (Wildman–Crippen LogP) is 2.03. The van der Waals surface area contributed by atoms with Crippen molar-refractivity contribution in [3.05, 3.63) is 34.2 Å². The van der Waals surface area contributed by atoms with E-state index >= 15 is 0 Å². The summed E-state index contributed by atoms with van der Waals surface area (Å²) >= 11 is 0. The lowest BCUT2D eigenvalue weighted by Crippen LogP contribution is -2.43. The molecule has 2 unspecified atom stereocenters. The Morgan fingerprint density at radius 1 is 1.25 bits per heavy atom. The molecule has 8 heteroatoms. The molecule has 4 heterocycles. The number of carbonyl (C=O) groups excluding carboxylic acids is 1. The average Bonchev–Trinajstić information content (AvgIpc) is 3.21. The Hall–Kier alpha value is -2.45. The van der Waals surface area contributed by atoms with E-state index in [0.717, 1.165) is 45.3 Å². The highest BCUT2D eigenvalue weighted by Crippen LogP contribution is 2.56. The van der Waals surface area contributed by atoms with E-state index in [1.54, 1.807) is 22.9 Å². The number of rotatable bonds is 5. The Bertz CT molecular complexity index is 1110. The van der Waals surface area contributed by atoms with Crippen LogP contribution < -0.4 is 10.9 Å². The summed E-state index contributed by atoms with van der Waals surface area (Å²) in [5.41, 5.74) is 0.315. The molecule has 0 radical (unpaired) electrons. The number of nitrogens with zero attached hydrogens (tertiary/aromatic N) is 3. The molecule has 6 rings (SSSR count). The van der Waals surface area contributed by atoms with Crippen molar-refractivity contribution < 1.29 is 14.6 Å². The van der Waals surface area contributed by atoms with Crippen molar-refractivity contribution in [1.82, 2.24) is 19.8 Å². The van der Waals surface area contributed by atoms with Gasteiger partial charge in [-0.3, -0.25) is 19.1 Å². The first kappa shape index (κ1) is 20.2. The van der Waals surface area contributed by atoms with Gasteiger partial charge in [0.2, 0.25) is 0 Å². The number of hydrogen-bond donors (Lipinski definition) is 2. The monoisotopic (exact) mass is 438 g/mol. The van der Waals surface area contributed by atoms with Crippen LogP contribution >= 0.6 is 0 Å². The number of aromatic nitrogens is 2. The van der Waals surface area contributed by atoms with Crippen molar-refractivity contribution in [2.75, 3.05) is 19.7 Å². The highest BCUT2D eigenvalue weighted by Gasteiger charge is 2.45. The van der Waals surface area contributed by atoms with E-state index < -0.39 is 11.5 Å². The lowest BCUT2D eigenvalue weighted by Gasteiger charge is -2.29. The number of aromatic hydroxyl groups is 1. The zero-order chi connectivity index (χ0) is 21.9. The fraction of sp³-hybridized carbons (Fsp3) is 0.625. The lowest BCUT2D eigenvalue weighted by atomic mass is 9.83. The van der Waals surface area contributed by atoms with Gasteiger partial charge in [0.1, 0.15) is 17.0 Å². The Kier molecular flexibility index (Phi) is 4.76. The second-order valence-electron chi connectivity index (χ2n) is 10.1. The van der Waals surface area contributed by atoms with Crippen LogP contribution in [0.15, 0.2) is 23.1 Å². The Balaban J connectivity index is 1.27. The van der Waals surface area contributed by atoms with Gasteiger partial charge in [-0.15, -0.1) is 0 Å². The summed E-state index contributed by atoms with van der Waals surface area (Å²) in [5, 5.41) is 14.3. The van der Waals surface area contributed by atoms with Gasteiger partial charge in [-0.2, -0.15) is 0 Å². The average molecular weight is 439 g/mol. The first-order chi connectivity index (χ1) is 15.5. The molecule has 8 nitrogen and oxygen atoms in total. The van der Waals surface area contributed by atoms with Crippen molar-refractivity contribution in [2.24, 2.45) is 5.41 Å². The summed E-state index contributed by atoms with van der Waals surface area (Å²) in [5.74, 6) is -0.743. The maximum atomic E-state index is 13.4. The van der Waals surface area contributed by atoms with E-state index in [1.165, 1.54) is 12.8 Å². The zero-order valence-electron chi connectivity index (χ0n) is 18.3. The minimum Gasteiger partial charge on any atom is -0.506 e. The molecule has 1 amide bonds. The van der Waals surface area contributed by atoms with Crippen LogP contribution in [0.25, 0.3) is 11.0 Å². The fourth-order valence-corrected chi connectivity index (χ4v) is 5.97. The van der Waals surface area contributed by atoms with Crippen molar-refractivity contribution in [3.8, 4) is 5.75 Å². The third-order valence-electron chi connectivity index (χ3n) is 8.18. The minimum atomic E-state index is -0.475. The molecule has 32 heavy (non-hydrogen) atoms. The van der Waals surface area contributed by atoms with Gasteiger partial charge in [-0.1, -0.05) is 0 Å². The standard InChI is InChI=1S/C24H30N4O4/c29-20-18-2-1-9-25-21(18)28(11-10-27-13-17-12-16(27)14-32-17)23(31)19(20)22(30)26-15-3-5-24(6-4-15)7-8-24/h1-2,9,15-17,29H,3-8,10-14H2,(H,26,30). The van der Waals surface area contributed by atoms with E-state index in [2.05, 4.69) is 15.2 Å². The van der Waals surface area contributed by atoms with Crippen LogP contribution in [0.2, 0.25) is 0 Å². The van der Waals surface area contributed by atoms with Crippen LogP contribution in [-0.4, -0.2) is 63.3 Å². The molecule has 2 saturated heterocycles. The number of nitrogens with one attached hydrogen (secondary N) is 1. The number of carbonyl (C=O) groups is 1. The summed E-state index contributed by atoms with van der Waals surface area (Å²) < 4.78 is 7.23. The summed E-state index contributed by atoms with van der Waals surface area (Å²) in [7, 11) is 0. The van der Waals surface area contributed by atoms with Gasteiger partial charge in [0.05, 0.1) is 18.1 Å². The van der Waals surface area contributed by atoms with E-state index in [9.17, 15) is 14.7 Å². The number of amides is 1. The fourth-order valence-electron chi connectivity index (χ4n) is 5.97. The van der Waals surface area contributed by atoms with Crippen molar-refractivity contribution in [3.63, 3.8) is 0 Å². The quantitative estimate of drug-likeness (QED) is 0.742. The number of pyridine rings is 2. The van der Waals surface area contributed by atoms with E-state index in [0.29, 0.717) is 35.6 Å². The van der Waals surface area contributed by atoms with Gasteiger partial charge in [-0.25, -0.2) is 4.98 Å². The molecule has 0 aromatic carbocycles. The second-order valence-corrected chi connectivity index (χ2v) is 10.1. The van der Waals surface area contributed by atoms with Gasteiger partial charge in [-0.05, 0) is 62.5 Å². The van der Waals surface area contributed by atoms with Gasteiger partial charge in [0.25, 0.3) is 11.5 Å². The molecule has 170 valence electrons. The van der Waals surface area contributed by atoms with Crippen molar-refractivity contribution in [1.29, 1.82) is 0 Å². The zero-order valence-corrected chi connectivity index (χ0v) is 18.3. The molecule has 2 N–H and O–H groups in total. The van der Waals surface area contributed by atoms with Crippen LogP contribution in [0.5, 0.6) is 5.75 Å². The number of ether oxygens (including phenoxy) is 1. The first-order valence-electron chi connectivity index (χ1n) is 11.9. The topological polar surface area (TPSA) is 96.7 Å². The van der Waals surface area contributed by atoms with E-state index in [4.69, 9.17) is 4.74 Å². The van der Waals surface area contributed by atoms with Crippen LogP contribution in [0.4, 0.5) is 0 Å². The summed E-state index contributed by atoms with van der Waals surface area (Å²) in [6.45, 7) is 2.72. The highest BCUT2D eigenvalue weighted by atomic mass is 16.5. The van der Waals surface area contributed by atoms with E-state index in [-0.39, 0.29) is 23.5 Å². The molecule has 2 aliphatic carbocycles. The molecule has 2 bridgehead atoms. The molecule has 2 aromatic rings. The second kappa shape index (κ2) is 7.56. The number of fused-ring (bicyclic) bond motifs is 3. The van der Waals surface area contributed by atoms with Crippen LogP contribution in [0, 0.1) is 5.41 Å². The van der Waals surface area contributed by atoms with Gasteiger partial charge < -0.3 is 15.2 Å². The molecule has 4 fully saturated rings. The number of morpholine rings is 1. The maximum absolute atomic E-state index is 13.4.